The summed E-state index contributed by atoms with van der Waals surface area (Å²) >= 11 is 1.28. The van der Waals surface area contributed by atoms with E-state index in [4.69, 9.17) is 0 Å². The smallest absolute Gasteiger partial charge is 0.266 e. The minimum absolute atomic E-state index is 0.203. The summed E-state index contributed by atoms with van der Waals surface area (Å²) in [5.74, 6) is 0.148. The van der Waals surface area contributed by atoms with Crippen molar-refractivity contribution in [3.63, 3.8) is 0 Å². The van der Waals surface area contributed by atoms with Crippen molar-refractivity contribution in [1.29, 1.82) is 0 Å². The number of halogens is 1. The molecule has 0 radical (unpaired) electrons. The monoisotopic (exact) mass is 350 g/mol. The van der Waals surface area contributed by atoms with Gasteiger partial charge in [-0.15, -0.1) is 5.10 Å². The van der Waals surface area contributed by atoms with Crippen LogP contribution in [0.15, 0.2) is 53.6 Å². The molecule has 0 fully saturated rings. The summed E-state index contributed by atoms with van der Waals surface area (Å²) in [6.07, 6.45) is 8.60. The van der Waals surface area contributed by atoms with E-state index in [0.717, 1.165) is 11.1 Å². The highest BCUT2D eigenvalue weighted by Crippen LogP contribution is 2.09. The fourth-order valence-electron chi connectivity index (χ4n) is 2.28. The quantitative estimate of drug-likeness (QED) is 0.569. The SMILES string of the molecule is O=c1c(=Cc2ccncc2)sc2nc(C=Cc3ccc(F)cc3)nn12. The zero-order valence-electron chi connectivity index (χ0n) is 12.8. The van der Waals surface area contributed by atoms with Crippen LogP contribution in [0.1, 0.15) is 17.0 Å². The maximum absolute atomic E-state index is 12.9. The Balaban J connectivity index is 1.67. The highest BCUT2D eigenvalue weighted by atomic mass is 32.1. The molecule has 3 heterocycles. The molecule has 0 bridgehead atoms. The summed E-state index contributed by atoms with van der Waals surface area (Å²) in [5, 5.41) is 4.22. The number of thiazole rings is 1. The number of hydrogen-bond acceptors (Lipinski definition) is 5. The first kappa shape index (κ1) is 15.3. The predicted octanol–water partition coefficient (Wildman–Crippen LogP) is 2.40. The number of aromatic nitrogens is 4. The van der Waals surface area contributed by atoms with Gasteiger partial charge in [-0.2, -0.15) is 9.50 Å². The summed E-state index contributed by atoms with van der Waals surface area (Å²) in [6, 6.07) is 9.74. The van der Waals surface area contributed by atoms with Crippen LogP contribution in [-0.4, -0.2) is 19.6 Å². The van der Waals surface area contributed by atoms with Gasteiger partial charge in [0.25, 0.3) is 5.56 Å². The molecule has 4 aromatic rings. The number of rotatable bonds is 3. The van der Waals surface area contributed by atoms with E-state index in [2.05, 4.69) is 15.1 Å². The Morgan fingerprint density at radius 1 is 1.00 bits per heavy atom. The normalized spacial score (nSPS) is 12.4. The van der Waals surface area contributed by atoms with Gasteiger partial charge < -0.3 is 0 Å². The average Bonchev–Trinajstić information content (AvgIpc) is 3.15. The largest absolute Gasteiger partial charge is 0.291 e. The van der Waals surface area contributed by atoms with Crippen molar-refractivity contribution in [2.45, 2.75) is 0 Å². The summed E-state index contributed by atoms with van der Waals surface area (Å²) in [7, 11) is 0. The van der Waals surface area contributed by atoms with E-state index in [9.17, 15) is 9.18 Å². The Morgan fingerprint density at radius 2 is 1.76 bits per heavy atom. The van der Waals surface area contributed by atoms with Crippen LogP contribution in [-0.2, 0) is 0 Å². The summed E-state index contributed by atoms with van der Waals surface area (Å²) in [5.41, 5.74) is 1.52. The number of fused-ring (bicyclic) bond motifs is 1. The lowest BCUT2D eigenvalue weighted by molar-refractivity contribution is 0.628. The van der Waals surface area contributed by atoms with Crippen LogP contribution in [0.5, 0.6) is 0 Å². The third kappa shape index (κ3) is 3.22. The van der Waals surface area contributed by atoms with Crippen molar-refractivity contribution >= 4 is 34.5 Å². The van der Waals surface area contributed by atoms with E-state index in [-0.39, 0.29) is 11.4 Å². The van der Waals surface area contributed by atoms with Crippen molar-refractivity contribution in [3.05, 3.63) is 86.4 Å². The third-order valence-corrected chi connectivity index (χ3v) is 4.46. The predicted molar refractivity (Wildman–Crippen MR) is 95.5 cm³/mol. The van der Waals surface area contributed by atoms with Crippen molar-refractivity contribution in [3.8, 4) is 0 Å². The molecule has 0 unspecified atom stereocenters. The zero-order valence-corrected chi connectivity index (χ0v) is 13.7. The van der Waals surface area contributed by atoms with E-state index >= 15 is 0 Å². The lowest BCUT2D eigenvalue weighted by atomic mass is 10.2. The minimum atomic E-state index is -0.285. The molecule has 0 aliphatic rings. The topological polar surface area (TPSA) is 60.2 Å². The van der Waals surface area contributed by atoms with Gasteiger partial charge in [0.05, 0.1) is 4.53 Å². The lowest BCUT2D eigenvalue weighted by Crippen LogP contribution is -2.23. The van der Waals surface area contributed by atoms with E-state index in [1.165, 1.54) is 28.0 Å². The Labute approximate surface area is 145 Å². The van der Waals surface area contributed by atoms with Gasteiger partial charge in [-0.1, -0.05) is 29.5 Å². The maximum Gasteiger partial charge on any atom is 0.291 e. The summed E-state index contributed by atoms with van der Waals surface area (Å²) < 4.78 is 14.8. The third-order valence-electron chi connectivity index (χ3n) is 3.50. The number of pyridine rings is 1. The van der Waals surface area contributed by atoms with E-state index < -0.39 is 0 Å². The van der Waals surface area contributed by atoms with Crippen molar-refractivity contribution in [2.24, 2.45) is 0 Å². The van der Waals surface area contributed by atoms with E-state index in [0.29, 0.717) is 15.3 Å². The first-order valence-corrected chi connectivity index (χ1v) is 8.26. The molecular formula is C18H11FN4OS. The van der Waals surface area contributed by atoms with E-state index in [1.807, 2.05) is 12.1 Å². The molecule has 0 saturated heterocycles. The molecule has 4 rings (SSSR count). The molecule has 0 amide bonds. The molecule has 5 nitrogen and oxygen atoms in total. The first-order chi connectivity index (χ1) is 12.2. The van der Waals surface area contributed by atoms with Gasteiger partial charge in [0, 0.05) is 12.4 Å². The van der Waals surface area contributed by atoms with Crippen molar-refractivity contribution < 1.29 is 4.39 Å². The van der Waals surface area contributed by atoms with Gasteiger partial charge in [0.15, 0.2) is 5.82 Å². The second kappa shape index (κ2) is 6.37. The zero-order chi connectivity index (χ0) is 17.2. The maximum atomic E-state index is 12.9. The highest BCUT2D eigenvalue weighted by Gasteiger charge is 2.08. The Morgan fingerprint density at radius 3 is 2.48 bits per heavy atom. The number of hydrogen-bond donors (Lipinski definition) is 0. The second-order valence-electron chi connectivity index (χ2n) is 5.25. The fraction of sp³-hybridized carbons (Fsp3) is 0. The molecule has 0 aliphatic heterocycles. The van der Waals surface area contributed by atoms with Crippen LogP contribution in [0.3, 0.4) is 0 Å². The van der Waals surface area contributed by atoms with Crippen LogP contribution in [0.2, 0.25) is 0 Å². The Hall–Kier alpha value is -3.19. The van der Waals surface area contributed by atoms with Gasteiger partial charge in [-0.25, -0.2) is 4.39 Å². The summed E-state index contributed by atoms with van der Waals surface area (Å²) in [6.45, 7) is 0. The standard InChI is InChI=1S/C18H11FN4OS/c19-14-4-1-12(2-5-14)3-6-16-21-18-23(22-16)17(24)15(25-18)11-13-7-9-20-10-8-13/h1-11H. The summed E-state index contributed by atoms with van der Waals surface area (Å²) in [4.78, 5) is 21.2. The van der Waals surface area contributed by atoms with Crippen LogP contribution in [0.4, 0.5) is 4.39 Å². The Kier molecular flexibility index (Phi) is 3.91. The molecule has 0 N–H and O–H groups in total. The molecule has 0 aliphatic carbocycles. The molecule has 0 saturated carbocycles. The minimum Gasteiger partial charge on any atom is -0.266 e. The van der Waals surface area contributed by atoms with Crippen molar-refractivity contribution in [2.75, 3.05) is 0 Å². The molecule has 3 aromatic heterocycles. The van der Waals surface area contributed by atoms with Crippen LogP contribution < -0.4 is 10.1 Å². The highest BCUT2D eigenvalue weighted by molar-refractivity contribution is 7.15. The van der Waals surface area contributed by atoms with Gasteiger partial charge in [0.2, 0.25) is 4.96 Å². The molecular weight excluding hydrogens is 339 g/mol. The van der Waals surface area contributed by atoms with Gasteiger partial charge in [-0.05, 0) is 47.5 Å². The number of nitrogens with zero attached hydrogens (tertiary/aromatic N) is 4. The molecule has 0 spiro atoms. The van der Waals surface area contributed by atoms with Crippen LogP contribution >= 0.6 is 11.3 Å². The fourth-order valence-corrected chi connectivity index (χ4v) is 3.19. The Bertz CT molecular complexity index is 1160. The van der Waals surface area contributed by atoms with Crippen molar-refractivity contribution in [1.82, 2.24) is 19.6 Å². The van der Waals surface area contributed by atoms with Crippen LogP contribution in [0.25, 0.3) is 23.2 Å². The van der Waals surface area contributed by atoms with Gasteiger partial charge >= 0.3 is 0 Å². The van der Waals surface area contributed by atoms with Crippen LogP contribution in [0, 0.1) is 5.82 Å². The van der Waals surface area contributed by atoms with Gasteiger partial charge in [-0.3, -0.25) is 9.78 Å². The molecule has 7 heteroatoms. The molecule has 25 heavy (non-hydrogen) atoms. The molecule has 122 valence electrons. The average molecular weight is 350 g/mol. The second-order valence-corrected chi connectivity index (χ2v) is 6.25. The molecule has 0 atom stereocenters. The number of benzene rings is 1. The lowest BCUT2D eigenvalue weighted by Gasteiger charge is -1.91. The van der Waals surface area contributed by atoms with E-state index in [1.54, 1.807) is 42.8 Å². The first-order valence-electron chi connectivity index (χ1n) is 7.44. The van der Waals surface area contributed by atoms with Gasteiger partial charge in [0.1, 0.15) is 5.82 Å². The molecule has 1 aromatic carbocycles.